The summed E-state index contributed by atoms with van der Waals surface area (Å²) in [5.41, 5.74) is 5.41. The summed E-state index contributed by atoms with van der Waals surface area (Å²) in [6.07, 6.45) is 2.12. The molecule has 32 heavy (non-hydrogen) atoms. The Balaban J connectivity index is 1.35. The van der Waals surface area contributed by atoms with Crippen molar-refractivity contribution in [2.45, 2.75) is 20.4 Å². The maximum absolute atomic E-state index is 13.2. The average Bonchev–Trinajstić information content (AvgIpc) is 3.20. The van der Waals surface area contributed by atoms with E-state index < -0.39 is 0 Å². The van der Waals surface area contributed by atoms with Gasteiger partial charge < -0.3 is 14.6 Å². The molecular weight excluding hydrogens is 400 g/mol. The van der Waals surface area contributed by atoms with Gasteiger partial charge in [0.2, 0.25) is 0 Å². The number of amides is 1. The van der Waals surface area contributed by atoms with E-state index in [9.17, 15) is 4.79 Å². The van der Waals surface area contributed by atoms with Gasteiger partial charge in [-0.25, -0.2) is 0 Å². The number of carbonyl (C=O) groups is 1. The van der Waals surface area contributed by atoms with E-state index in [1.807, 2.05) is 50.2 Å². The first-order chi connectivity index (χ1) is 15.6. The van der Waals surface area contributed by atoms with Crippen LogP contribution >= 0.6 is 0 Å². The summed E-state index contributed by atoms with van der Waals surface area (Å²) in [5, 5.41) is 5.08. The van der Waals surface area contributed by atoms with Crippen LogP contribution in [0.25, 0.3) is 21.8 Å². The van der Waals surface area contributed by atoms with Crippen LogP contribution in [0.4, 0.5) is 5.69 Å². The van der Waals surface area contributed by atoms with Gasteiger partial charge in [-0.2, -0.15) is 0 Å². The van der Waals surface area contributed by atoms with Crippen LogP contribution in [0.2, 0.25) is 0 Å². The zero-order chi connectivity index (χ0) is 22.1. The molecule has 5 rings (SSSR count). The van der Waals surface area contributed by atoms with Crippen molar-refractivity contribution in [2.75, 3.05) is 38.2 Å². The SMILES string of the molecule is Cc1ccc2nc(C)cc(C(=O)Nc3ccc4c(ccn4CCN4CCOCC4)c3)c2c1. The largest absolute Gasteiger partial charge is 0.379 e. The molecule has 0 aliphatic carbocycles. The van der Waals surface area contributed by atoms with E-state index in [4.69, 9.17) is 4.74 Å². The number of aryl methyl sites for hydroxylation is 2. The molecule has 1 aliphatic heterocycles. The minimum absolute atomic E-state index is 0.114. The maximum Gasteiger partial charge on any atom is 0.256 e. The van der Waals surface area contributed by atoms with Crippen molar-refractivity contribution in [1.29, 1.82) is 0 Å². The van der Waals surface area contributed by atoms with Crippen LogP contribution < -0.4 is 5.32 Å². The fraction of sp³-hybridized carbons (Fsp3) is 0.308. The van der Waals surface area contributed by atoms with Gasteiger partial charge in [-0.15, -0.1) is 0 Å². The lowest BCUT2D eigenvalue weighted by Crippen LogP contribution is -2.38. The molecule has 6 heteroatoms. The average molecular weight is 429 g/mol. The minimum Gasteiger partial charge on any atom is -0.379 e. The van der Waals surface area contributed by atoms with Crippen LogP contribution in [-0.4, -0.2) is 53.2 Å². The van der Waals surface area contributed by atoms with E-state index in [1.54, 1.807) is 0 Å². The van der Waals surface area contributed by atoms with Gasteiger partial charge in [-0.05, 0) is 56.3 Å². The van der Waals surface area contributed by atoms with Crippen molar-refractivity contribution < 1.29 is 9.53 Å². The van der Waals surface area contributed by atoms with Crippen LogP contribution in [0.15, 0.2) is 54.7 Å². The van der Waals surface area contributed by atoms with Crippen LogP contribution in [-0.2, 0) is 11.3 Å². The molecule has 4 aromatic rings. The molecule has 6 nitrogen and oxygen atoms in total. The Hall–Kier alpha value is -3.22. The van der Waals surface area contributed by atoms with Gasteiger partial charge >= 0.3 is 0 Å². The zero-order valence-corrected chi connectivity index (χ0v) is 18.6. The van der Waals surface area contributed by atoms with E-state index in [0.717, 1.165) is 72.6 Å². The smallest absolute Gasteiger partial charge is 0.256 e. The van der Waals surface area contributed by atoms with Crippen LogP contribution in [0, 0.1) is 13.8 Å². The molecule has 0 saturated carbocycles. The molecule has 1 N–H and O–H groups in total. The Morgan fingerprint density at radius 1 is 1.03 bits per heavy atom. The molecule has 2 aromatic heterocycles. The summed E-state index contributed by atoms with van der Waals surface area (Å²) in [5.74, 6) is -0.114. The van der Waals surface area contributed by atoms with E-state index in [-0.39, 0.29) is 5.91 Å². The first-order valence-electron chi connectivity index (χ1n) is 11.2. The summed E-state index contributed by atoms with van der Waals surface area (Å²) < 4.78 is 7.71. The number of benzene rings is 2. The van der Waals surface area contributed by atoms with E-state index in [1.165, 1.54) is 5.52 Å². The molecule has 2 aromatic carbocycles. The Kier molecular flexibility index (Phi) is 5.64. The van der Waals surface area contributed by atoms with Crippen molar-refractivity contribution >= 4 is 33.4 Å². The summed E-state index contributed by atoms with van der Waals surface area (Å²) >= 11 is 0. The highest BCUT2D eigenvalue weighted by molar-refractivity contribution is 6.13. The number of pyridine rings is 1. The Morgan fingerprint density at radius 3 is 2.72 bits per heavy atom. The predicted octanol–water partition coefficient (Wildman–Crippen LogP) is 4.39. The van der Waals surface area contributed by atoms with Crippen molar-refractivity contribution in [2.24, 2.45) is 0 Å². The number of carbonyl (C=O) groups excluding carboxylic acids is 1. The molecule has 1 saturated heterocycles. The topological polar surface area (TPSA) is 59.4 Å². The number of ether oxygens (including phenoxy) is 1. The fourth-order valence-electron chi connectivity index (χ4n) is 4.41. The van der Waals surface area contributed by atoms with Gasteiger partial charge in [0.15, 0.2) is 0 Å². The monoisotopic (exact) mass is 428 g/mol. The van der Waals surface area contributed by atoms with Gasteiger partial charge in [0.25, 0.3) is 5.91 Å². The predicted molar refractivity (Wildman–Crippen MR) is 128 cm³/mol. The number of anilines is 1. The molecule has 1 aliphatic rings. The van der Waals surface area contributed by atoms with Crippen molar-refractivity contribution in [1.82, 2.24) is 14.5 Å². The van der Waals surface area contributed by atoms with Crippen LogP contribution in [0.1, 0.15) is 21.6 Å². The second-order valence-electron chi connectivity index (χ2n) is 8.52. The normalized spacial score (nSPS) is 14.8. The first kappa shape index (κ1) is 20.7. The summed E-state index contributed by atoms with van der Waals surface area (Å²) in [6.45, 7) is 9.54. The summed E-state index contributed by atoms with van der Waals surface area (Å²) in [4.78, 5) is 20.2. The highest BCUT2D eigenvalue weighted by Crippen LogP contribution is 2.24. The maximum atomic E-state index is 13.2. The van der Waals surface area contributed by atoms with Crippen molar-refractivity contribution in [3.05, 3.63) is 71.5 Å². The Labute approximate surface area is 187 Å². The number of nitrogens with one attached hydrogen (secondary N) is 1. The molecule has 3 heterocycles. The lowest BCUT2D eigenvalue weighted by atomic mass is 10.0. The quantitative estimate of drug-likeness (QED) is 0.512. The molecule has 0 spiro atoms. The van der Waals surface area contributed by atoms with Crippen molar-refractivity contribution in [3.8, 4) is 0 Å². The van der Waals surface area contributed by atoms with E-state index >= 15 is 0 Å². The second-order valence-corrected chi connectivity index (χ2v) is 8.52. The third kappa shape index (κ3) is 4.24. The molecule has 1 amide bonds. The molecule has 0 atom stereocenters. The Bertz CT molecular complexity index is 1290. The van der Waals surface area contributed by atoms with Gasteiger partial charge in [-0.3, -0.25) is 14.7 Å². The number of hydrogen-bond acceptors (Lipinski definition) is 4. The summed E-state index contributed by atoms with van der Waals surface area (Å²) in [7, 11) is 0. The van der Waals surface area contributed by atoms with Crippen LogP contribution in [0.3, 0.4) is 0 Å². The number of nitrogens with zero attached hydrogens (tertiary/aromatic N) is 3. The third-order valence-corrected chi connectivity index (χ3v) is 6.13. The molecule has 0 bridgehead atoms. The Morgan fingerprint density at radius 2 is 1.88 bits per heavy atom. The van der Waals surface area contributed by atoms with Gasteiger partial charge in [0.1, 0.15) is 0 Å². The number of aromatic nitrogens is 2. The lowest BCUT2D eigenvalue weighted by Gasteiger charge is -2.26. The zero-order valence-electron chi connectivity index (χ0n) is 18.6. The van der Waals surface area contributed by atoms with Gasteiger partial charge in [0, 0.05) is 60.0 Å². The molecule has 164 valence electrons. The van der Waals surface area contributed by atoms with E-state index in [0.29, 0.717) is 5.56 Å². The number of morpholine rings is 1. The van der Waals surface area contributed by atoms with Crippen LogP contribution in [0.5, 0.6) is 0 Å². The fourth-order valence-corrected chi connectivity index (χ4v) is 4.41. The second kappa shape index (κ2) is 8.73. The molecular formula is C26H28N4O2. The molecule has 0 radical (unpaired) electrons. The highest BCUT2D eigenvalue weighted by atomic mass is 16.5. The van der Waals surface area contributed by atoms with E-state index in [2.05, 4.69) is 38.1 Å². The van der Waals surface area contributed by atoms with Crippen molar-refractivity contribution in [3.63, 3.8) is 0 Å². The minimum atomic E-state index is -0.114. The van der Waals surface area contributed by atoms with Gasteiger partial charge in [-0.1, -0.05) is 11.6 Å². The summed E-state index contributed by atoms with van der Waals surface area (Å²) in [6, 6.07) is 16.1. The molecule has 1 fully saturated rings. The lowest BCUT2D eigenvalue weighted by molar-refractivity contribution is 0.0365. The number of fused-ring (bicyclic) bond motifs is 2. The molecule has 0 unspecified atom stereocenters. The standard InChI is InChI=1S/C26H28N4O2/c1-18-3-5-24-22(15-18)23(16-19(2)27-24)26(31)28-21-4-6-25-20(17-21)7-8-30(25)10-9-29-11-13-32-14-12-29/h3-8,15-17H,9-14H2,1-2H3,(H,28,31). The highest BCUT2D eigenvalue weighted by Gasteiger charge is 2.14. The first-order valence-corrected chi connectivity index (χ1v) is 11.2. The van der Waals surface area contributed by atoms with Gasteiger partial charge in [0.05, 0.1) is 24.3 Å². The third-order valence-electron chi connectivity index (χ3n) is 6.13. The number of hydrogen-bond donors (Lipinski definition) is 1. The number of rotatable bonds is 5.